The van der Waals surface area contributed by atoms with Crippen molar-refractivity contribution in [1.29, 1.82) is 0 Å². The molecule has 0 bridgehead atoms. The van der Waals surface area contributed by atoms with Crippen molar-refractivity contribution in [2.45, 2.75) is 31.8 Å². The monoisotopic (exact) mass is 408 g/mol. The molecule has 4 heterocycles. The number of ether oxygens (including phenoxy) is 1. The summed E-state index contributed by atoms with van der Waals surface area (Å²) in [6.07, 6.45) is 5.23. The Morgan fingerprint density at radius 2 is 1.93 bits per heavy atom. The number of fused-ring (bicyclic) bond motifs is 1. The molecule has 2 aliphatic rings. The molecule has 8 nitrogen and oxygen atoms in total. The number of hydrogen-bond acceptors (Lipinski definition) is 6. The average molecular weight is 409 g/mol. The first kappa shape index (κ1) is 19.4. The highest BCUT2D eigenvalue weighted by Gasteiger charge is 2.26. The number of nitrogens with zero attached hydrogens (tertiary/aromatic N) is 5. The Balaban J connectivity index is 1.40. The number of nitrogens with one attached hydrogen (secondary N) is 1. The van der Waals surface area contributed by atoms with E-state index in [0.29, 0.717) is 29.4 Å². The third-order valence-electron chi connectivity index (χ3n) is 6.16. The number of likely N-dealkylation sites (tertiary alicyclic amines) is 1. The minimum Gasteiger partial charge on any atom is -0.379 e. The van der Waals surface area contributed by atoms with Gasteiger partial charge in [0.2, 0.25) is 0 Å². The Bertz CT molecular complexity index is 1040. The smallest absolute Gasteiger partial charge is 0.262 e. The van der Waals surface area contributed by atoms with Crippen LogP contribution in [-0.4, -0.2) is 75.0 Å². The Kier molecular flexibility index (Phi) is 5.61. The summed E-state index contributed by atoms with van der Waals surface area (Å²) in [5, 5.41) is 4.93. The van der Waals surface area contributed by atoms with Gasteiger partial charge >= 0.3 is 0 Å². The van der Waals surface area contributed by atoms with Gasteiger partial charge in [0.1, 0.15) is 11.2 Å². The number of piperidine rings is 1. The number of benzene rings is 1. The molecule has 1 atom stereocenters. The SMILES string of the molecule is O=c1[nH]c(CN2CCCCC2CN2CCOCC2)nc2c1cnn2-c1ccccc1. The van der Waals surface area contributed by atoms with Crippen LogP contribution in [0.25, 0.3) is 16.7 Å². The predicted molar refractivity (Wildman–Crippen MR) is 115 cm³/mol. The molecule has 5 rings (SSSR count). The largest absolute Gasteiger partial charge is 0.379 e. The number of aromatic amines is 1. The van der Waals surface area contributed by atoms with Gasteiger partial charge in [0.25, 0.3) is 5.56 Å². The van der Waals surface area contributed by atoms with Crippen LogP contribution in [0.5, 0.6) is 0 Å². The second kappa shape index (κ2) is 8.67. The number of rotatable bonds is 5. The van der Waals surface area contributed by atoms with E-state index < -0.39 is 0 Å². The fraction of sp³-hybridized carbons (Fsp3) is 0.500. The molecule has 8 heteroatoms. The maximum Gasteiger partial charge on any atom is 0.262 e. The third-order valence-corrected chi connectivity index (χ3v) is 6.16. The van der Waals surface area contributed by atoms with Gasteiger partial charge < -0.3 is 9.72 Å². The van der Waals surface area contributed by atoms with Crippen molar-refractivity contribution in [2.75, 3.05) is 39.4 Å². The van der Waals surface area contributed by atoms with Crippen molar-refractivity contribution in [2.24, 2.45) is 0 Å². The second-order valence-electron chi connectivity index (χ2n) is 8.17. The molecule has 2 saturated heterocycles. The molecule has 1 unspecified atom stereocenters. The fourth-order valence-electron chi connectivity index (χ4n) is 4.55. The van der Waals surface area contributed by atoms with Crippen LogP contribution in [0.1, 0.15) is 25.1 Å². The number of morpholine rings is 1. The standard InChI is InChI=1S/C22H28N6O2/c29-22-19-14-23-28(17-6-2-1-3-7-17)21(19)24-20(25-22)16-27-9-5-4-8-18(27)15-26-10-12-30-13-11-26/h1-3,6-7,14,18H,4-5,8-13,15-16H2,(H,24,25,29). The van der Waals surface area contributed by atoms with E-state index in [1.165, 1.54) is 19.3 Å². The van der Waals surface area contributed by atoms with Crippen molar-refractivity contribution in [1.82, 2.24) is 29.5 Å². The van der Waals surface area contributed by atoms with Crippen LogP contribution in [-0.2, 0) is 11.3 Å². The van der Waals surface area contributed by atoms with Crippen molar-refractivity contribution >= 4 is 11.0 Å². The number of para-hydroxylation sites is 1. The van der Waals surface area contributed by atoms with Crippen molar-refractivity contribution in [3.63, 3.8) is 0 Å². The first-order chi connectivity index (χ1) is 14.8. The molecule has 0 aliphatic carbocycles. The zero-order chi connectivity index (χ0) is 20.3. The summed E-state index contributed by atoms with van der Waals surface area (Å²) in [6.45, 7) is 6.39. The molecule has 158 valence electrons. The summed E-state index contributed by atoms with van der Waals surface area (Å²) in [6, 6.07) is 10.3. The summed E-state index contributed by atoms with van der Waals surface area (Å²) in [5.41, 5.74) is 1.39. The lowest BCUT2D eigenvalue weighted by atomic mass is 10.0. The maximum atomic E-state index is 12.7. The number of aromatic nitrogens is 4. The average Bonchev–Trinajstić information content (AvgIpc) is 3.21. The van der Waals surface area contributed by atoms with Crippen LogP contribution in [0.2, 0.25) is 0 Å². The molecule has 0 spiro atoms. The van der Waals surface area contributed by atoms with E-state index >= 15 is 0 Å². The van der Waals surface area contributed by atoms with E-state index in [-0.39, 0.29) is 5.56 Å². The summed E-state index contributed by atoms with van der Waals surface area (Å²) in [4.78, 5) is 25.5. The highest BCUT2D eigenvalue weighted by molar-refractivity contribution is 5.75. The molecule has 2 aliphatic heterocycles. The van der Waals surface area contributed by atoms with E-state index in [4.69, 9.17) is 9.72 Å². The van der Waals surface area contributed by atoms with E-state index in [1.54, 1.807) is 10.9 Å². The molecule has 2 aromatic heterocycles. The Hall–Kier alpha value is -2.55. The Labute approximate surface area is 175 Å². The number of H-pyrrole nitrogens is 1. The molecular weight excluding hydrogens is 380 g/mol. The first-order valence-electron chi connectivity index (χ1n) is 10.8. The summed E-state index contributed by atoms with van der Waals surface area (Å²) >= 11 is 0. The highest BCUT2D eigenvalue weighted by atomic mass is 16.5. The topological polar surface area (TPSA) is 79.3 Å². The molecule has 0 radical (unpaired) electrons. The Morgan fingerprint density at radius 1 is 1.10 bits per heavy atom. The van der Waals surface area contributed by atoms with Crippen molar-refractivity contribution in [3.8, 4) is 5.69 Å². The van der Waals surface area contributed by atoms with Crippen LogP contribution in [0.4, 0.5) is 0 Å². The predicted octanol–water partition coefficient (Wildman–Crippen LogP) is 1.80. The van der Waals surface area contributed by atoms with Gasteiger partial charge in [-0.15, -0.1) is 0 Å². The van der Waals surface area contributed by atoms with Gasteiger partial charge in [-0.1, -0.05) is 24.6 Å². The third kappa shape index (κ3) is 4.03. The Morgan fingerprint density at radius 3 is 2.77 bits per heavy atom. The molecule has 1 N–H and O–H groups in total. The fourth-order valence-corrected chi connectivity index (χ4v) is 4.55. The van der Waals surface area contributed by atoms with E-state index in [2.05, 4.69) is 19.9 Å². The van der Waals surface area contributed by atoms with Crippen LogP contribution >= 0.6 is 0 Å². The molecule has 0 saturated carbocycles. The summed E-state index contributed by atoms with van der Waals surface area (Å²) in [5.74, 6) is 0.707. The zero-order valence-corrected chi connectivity index (χ0v) is 17.2. The molecule has 30 heavy (non-hydrogen) atoms. The lowest BCUT2D eigenvalue weighted by Crippen LogP contribution is -2.49. The lowest BCUT2D eigenvalue weighted by molar-refractivity contribution is 0.0149. The van der Waals surface area contributed by atoms with E-state index in [0.717, 1.165) is 45.1 Å². The van der Waals surface area contributed by atoms with Crippen LogP contribution < -0.4 is 5.56 Å². The zero-order valence-electron chi connectivity index (χ0n) is 17.2. The van der Waals surface area contributed by atoms with Crippen LogP contribution in [0.15, 0.2) is 41.3 Å². The highest BCUT2D eigenvalue weighted by Crippen LogP contribution is 2.21. The van der Waals surface area contributed by atoms with E-state index in [1.807, 2.05) is 30.3 Å². The van der Waals surface area contributed by atoms with E-state index in [9.17, 15) is 4.79 Å². The number of hydrogen-bond donors (Lipinski definition) is 1. The van der Waals surface area contributed by atoms with Gasteiger partial charge in [0.05, 0.1) is 31.6 Å². The first-order valence-corrected chi connectivity index (χ1v) is 10.8. The summed E-state index contributed by atoms with van der Waals surface area (Å²) < 4.78 is 7.24. The quantitative estimate of drug-likeness (QED) is 0.694. The molecule has 0 amide bonds. The molecule has 2 fully saturated rings. The van der Waals surface area contributed by atoms with Gasteiger partial charge in [-0.05, 0) is 31.5 Å². The molecule has 3 aromatic rings. The van der Waals surface area contributed by atoms with Crippen molar-refractivity contribution < 1.29 is 4.74 Å². The molecular formula is C22H28N6O2. The van der Waals surface area contributed by atoms with Crippen molar-refractivity contribution in [3.05, 3.63) is 52.7 Å². The van der Waals surface area contributed by atoms with Crippen LogP contribution in [0.3, 0.4) is 0 Å². The lowest BCUT2D eigenvalue weighted by Gasteiger charge is -2.39. The van der Waals surface area contributed by atoms with Crippen LogP contribution in [0, 0.1) is 0 Å². The summed E-state index contributed by atoms with van der Waals surface area (Å²) in [7, 11) is 0. The van der Waals surface area contributed by atoms with Gasteiger partial charge in [-0.3, -0.25) is 14.6 Å². The van der Waals surface area contributed by atoms with Gasteiger partial charge in [-0.2, -0.15) is 5.10 Å². The normalized spacial score (nSPS) is 21.3. The minimum atomic E-state index is -0.126. The van der Waals surface area contributed by atoms with Gasteiger partial charge in [-0.25, -0.2) is 9.67 Å². The maximum absolute atomic E-state index is 12.7. The minimum absolute atomic E-state index is 0.126. The molecule has 1 aromatic carbocycles. The van der Waals surface area contributed by atoms with Gasteiger partial charge in [0.15, 0.2) is 5.65 Å². The van der Waals surface area contributed by atoms with Gasteiger partial charge in [0, 0.05) is 25.7 Å². The second-order valence-corrected chi connectivity index (χ2v) is 8.17.